The topological polar surface area (TPSA) is 69.6 Å². The van der Waals surface area contributed by atoms with Crippen molar-refractivity contribution in [3.8, 4) is 0 Å². The zero-order valence-corrected chi connectivity index (χ0v) is 39.1. The standard InChI is InChI=1S/C57H91NO3/c1-3-5-7-9-11-13-15-17-19-21-23-25-26-27-28-29-30-31-32-33-35-37-39-41-43-45-47-49-51-53-57(61)58-55(54-59)56(60)52-50-48-46-44-42-40-38-36-34-24-22-20-18-16-14-12-10-8-6-4-2/h5,7,11,13,17,19,23,25,27-28,30-31,33-36,39,41-42,44-45,47,50,52,55-56,59-60H,3-4,6,8-10,12,14-16,18,20-22,24,26,29,32,37-38,40,43,46,48-49,51,53-54H2,1-2H3,(H,58,61)/b7-5-,13-11-,19-17-,25-23-,28-27-,31-30-,35-33-,36-34+,41-39-,44-42+,47-45-,52-50+. The number of hydrogen-bond donors (Lipinski definition) is 3. The van der Waals surface area contributed by atoms with Crippen molar-refractivity contribution < 1.29 is 15.0 Å². The fourth-order valence-corrected chi connectivity index (χ4v) is 6.33. The second kappa shape index (κ2) is 50.6. The molecule has 0 aliphatic rings. The van der Waals surface area contributed by atoms with Gasteiger partial charge in [0.05, 0.1) is 18.8 Å². The van der Waals surface area contributed by atoms with E-state index in [0.717, 1.165) is 96.3 Å². The molecular formula is C57H91NO3. The predicted molar refractivity (Wildman–Crippen MR) is 271 cm³/mol. The van der Waals surface area contributed by atoms with E-state index in [1.807, 2.05) is 6.08 Å². The molecule has 0 saturated heterocycles. The van der Waals surface area contributed by atoms with Crippen molar-refractivity contribution in [3.05, 3.63) is 146 Å². The highest BCUT2D eigenvalue weighted by Crippen LogP contribution is 2.12. The van der Waals surface area contributed by atoms with Crippen LogP contribution in [-0.4, -0.2) is 34.9 Å². The molecule has 0 rings (SSSR count). The molecule has 0 fully saturated rings. The molecule has 1 amide bonds. The lowest BCUT2D eigenvalue weighted by Gasteiger charge is -2.19. The van der Waals surface area contributed by atoms with Crippen LogP contribution >= 0.6 is 0 Å². The summed E-state index contributed by atoms with van der Waals surface area (Å²) in [4.78, 5) is 12.4. The summed E-state index contributed by atoms with van der Waals surface area (Å²) in [6.07, 6.45) is 81.1. The minimum Gasteiger partial charge on any atom is -0.394 e. The van der Waals surface area contributed by atoms with Crippen molar-refractivity contribution in [2.75, 3.05) is 6.61 Å². The maximum atomic E-state index is 12.4. The van der Waals surface area contributed by atoms with E-state index < -0.39 is 12.1 Å². The van der Waals surface area contributed by atoms with Crippen molar-refractivity contribution in [1.29, 1.82) is 0 Å². The molecule has 342 valence electrons. The number of rotatable bonds is 42. The second-order valence-corrected chi connectivity index (χ2v) is 15.8. The summed E-state index contributed by atoms with van der Waals surface area (Å²) in [5.41, 5.74) is 0. The third-order valence-corrected chi connectivity index (χ3v) is 10.0. The lowest BCUT2D eigenvalue weighted by Crippen LogP contribution is -2.45. The van der Waals surface area contributed by atoms with E-state index >= 15 is 0 Å². The average molecular weight is 838 g/mol. The van der Waals surface area contributed by atoms with Gasteiger partial charge in [-0.25, -0.2) is 0 Å². The number of unbranched alkanes of at least 4 members (excludes halogenated alkanes) is 13. The van der Waals surface area contributed by atoms with Gasteiger partial charge in [0.2, 0.25) is 5.91 Å². The summed E-state index contributed by atoms with van der Waals surface area (Å²) in [5, 5.41) is 23.0. The van der Waals surface area contributed by atoms with Crippen LogP contribution in [0, 0.1) is 0 Å². The SMILES string of the molecule is CC/C=C\C/C=C\C/C=C\C/C=C\C/C=C\C/C=C\C/C=C\C/C=C\C/C=C\CCCC(=O)NC(CO)C(O)/C=C/CC/C=C/CC/C=C/CCCCCCCCCCCC. The molecule has 0 aromatic rings. The fourth-order valence-electron chi connectivity index (χ4n) is 6.33. The summed E-state index contributed by atoms with van der Waals surface area (Å²) in [6.45, 7) is 4.14. The van der Waals surface area contributed by atoms with Gasteiger partial charge in [0, 0.05) is 6.42 Å². The molecule has 4 heteroatoms. The normalized spacial score (nSPS) is 14.2. The molecule has 61 heavy (non-hydrogen) atoms. The Morgan fingerprint density at radius 1 is 0.410 bits per heavy atom. The number of hydrogen-bond acceptors (Lipinski definition) is 3. The van der Waals surface area contributed by atoms with Gasteiger partial charge in [0.15, 0.2) is 0 Å². The first-order valence-corrected chi connectivity index (χ1v) is 24.5. The molecule has 0 aromatic carbocycles. The minimum atomic E-state index is -0.906. The van der Waals surface area contributed by atoms with E-state index in [2.05, 4.69) is 153 Å². The van der Waals surface area contributed by atoms with Crippen LogP contribution < -0.4 is 5.32 Å². The van der Waals surface area contributed by atoms with Gasteiger partial charge < -0.3 is 15.5 Å². The van der Waals surface area contributed by atoms with Crippen molar-refractivity contribution in [1.82, 2.24) is 5.32 Å². The molecule has 0 bridgehead atoms. The predicted octanol–water partition coefficient (Wildman–Crippen LogP) is 16.1. The van der Waals surface area contributed by atoms with Crippen LogP contribution in [0.1, 0.15) is 187 Å². The Labute approximate surface area is 376 Å². The molecule has 0 spiro atoms. The van der Waals surface area contributed by atoms with Crippen molar-refractivity contribution in [2.45, 2.75) is 199 Å². The first-order valence-electron chi connectivity index (χ1n) is 24.5. The van der Waals surface area contributed by atoms with Gasteiger partial charge in [-0.15, -0.1) is 0 Å². The van der Waals surface area contributed by atoms with Crippen LogP contribution in [0.4, 0.5) is 0 Å². The number of carbonyl (C=O) groups excluding carboxylic acids is 1. The maximum absolute atomic E-state index is 12.4. The van der Waals surface area contributed by atoms with E-state index in [9.17, 15) is 15.0 Å². The zero-order valence-electron chi connectivity index (χ0n) is 39.1. The summed E-state index contributed by atoms with van der Waals surface area (Å²) in [5.74, 6) is -0.143. The average Bonchev–Trinajstić information content (AvgIpc) is 3.26. The molecule has 0 radical (unpaired) electrons. The third kappa shape index (κ3) is 47.2. The Morgan fingerprint density at radius 2 is 0.738 bits per heavy atom. The fraction of sp³-hybridized carbons (Fsp3) is 0.561. The number of aliphatic hydroxyl groups is 2. The van der Waals surface area contributed by atoms with Crippen LogP contribution in [0.2, 0.25) is 0 Å². The quantitative estimate of drug-likeness (QED) is 0.0424. The van der Waals surface area contributed by atoms with Crippen molar-refractivity contribution in [3.63, 3.8) is 0 Å². The van der Waals surface area contributed by atoms with Crippen LogP contribution in [-0.2, 0) is 4.79 Å². The van der Waals surface area contributed by atoms with Crippen molar-refractivity contribution >= 4 is 5.91 Å². The number of nitrogens with one attached hydrogen (secondary N) is 1. The minimum absolute atomic E-state index is 0.143. The largest absolute Gasteiger partial charge is 0.394 e. The number of amides is 1. The molecule has 3 N–H and O–H groups in total. The second-order valence-electron chi connectivity index (χ2n) is 15.8. The van der Waals surface area contributed by atoms with Gasteiger partial charge >= 0.3 is 0 Å². The molecule has 0 aliphatic heterocycles. The van der Waals surface area contributed by atoms with E-state index in [1.54, 1.807) is 6.08 Å². The van der Waals surface area contributed by atoms with Gasteiger partial charge in [-0.1, -0.05) is 217 Å². The molecule has 2 unspecified atom stereocenters. The van der Waals surface area contributed by atoms with Gasteiger partial charge in [-0.3, -0.25) is 4.79 Å². The molecule has 0 saturated carbocycles. The summed E-state index contributed by atoms with van der Waals surface area (Å²) < 4.78 is 0. The van der Waals surface area contributed by atoms with E-state index in [-0.39, 0.29) is 12.5 Å². The highest BCUT2D eigenvalue weighted by Gasteiger charge is 2.17. The molecule has 0 heterocycles. The number of aliphatic hydroxyl groups excluding tert-OH is 2. The first-order chi connectivity index (χ1) is 30.2. The Bertz CT molecular complexity index is 1320. The van der Waals surface area contributed by atoms with Crippen LogP contribution in [0.15, 0.2) is 146 Å². The molecular weight excluding hydrogens is 747 g/mol. The van der Waals surface area contributed by atoms with Crippen LogP contribution in [0.3, 0.4) is 0 Å². The molecule has 0 aliphatic carbocycles. The third-order valence-electron chi connectivity index (χ3n) is 10.0. The Kier molecular flexibility index (Phi) is 47.5. The molecule has 0 aromatic heterocycles. The summed E-state index contributed by atoms with van der Waals surface area (Å²) in [7, 11) is 0. The van der Waals surface area contributed by atoms with Gasteiger partial charge in [-0.05, 0) is 109 Å². The highest BCUT2D eigenvalue weighted by molar-refractivity contribution is 5.76. The lowest BCUT2D eigenvalue weighted by molar-refractivity contribution is -0.122. The summed E-state index contributed by atoms with van der Waals surface area (Å²) >= 11 is 0. The van der Waals surface area contributed by atoms with Crippen molar-refractivity contribution in [2.24, 2.45) is 0 Å². The smallest absolute Gasteiger partial charge is 0.220 e. The molecule has 2 atom stereocenters. The lowest BCUT2D eigenvalue weighted by atomic mass is 10.1. The van der Waals surface area contributed by atoms with Gasteiger partial charge in [-0.2, -0.15) is 0 Å². The number of allylic oxidation sites excluding steroid dienone is 23. The Balaban J connectivity index is 3.82. The van der Waals surface area contributed by atoms with Gasteiger partial charge in [0.1, 0.15) is 0 Å². The van der Waals surface area contributed by atoms with Crippen LogP contribution in [0.5, 0.6) is 0 Å². The van der Waals surface area contributed by atoms with Gasteiger partial charge in [0.25, 0.3) is 0 Å². The highest BCUT2D eigenvalue weighted by atomic mass is 16.3. The Morgan fingerprint density at radius 3 is 1.15 bits per heavy atom. The van der Waals surface area contributed by atoms with E-state index in [4.69, 9.17) is 0 Å². The van der Waals surface area contributed by atoms with E-state index in [0.29, 0.717) is 6.42 Å². The zero-order chi connectivity index (χ0) is 44.2. The Hall–Kier alpha value is -3.73. The monoisotopic (exact) mass is 838 g/mol. The summed E-state index contributed by atoms with van der Waals surface area (Å²) in [6, 6.07) is -0.688. The van der Waals surface area contributed by atoms with E-state index in [1.165, 1.54) is 70.6 Å². The molecule has 4 nitrogen and oxygen atoms in total. The first kappa shape index (κ1) is 57.3. The maximum Gasteiger partial charge on any atom is 0.220 e. The van der Waals surface area contributed by atoms with Crippen LogP contribution in [0.25, 0.3) is 0 Å². The number of carbonyl (C=O) groups is 1.